The quantitative estimate of drug-likeness (QED) is 0.800. The summed E-state index contributed by atoms with van der Waals surface area (Å²) < 4.78 is 48.7. The van der Waals surface area contributed by atoms with Crippen LogP contribution in [0.3, 0.4) is 0 Å². The molecular formula is C14H14F3NO3. The second kappa shape index (κ2) is 5.13. The lowest BCUT2D eigenvalue weighted by Crippen LogP contribution is -2.44. The third-order valence-electron chi connectivity index (χ3n) is 3.79. The second-order valence-electron chi connectivity index (χ2n) is 5.20. The van der Waals surface area contributed by atoms with Gasteiger partial charge < -0.3 is 14.4 Å². The van der Waals surface area contributed by atoms with Crippen molar-refractivity contribution in [1.82, 2.24) is 4.90 Å². The first-order chi connectivity index (χ1) is 9.95. The molecular weight excluding hydrogens is 287 g/mol. The van der Waals surface area contributed by atoms with Gasteiger partial charge in [0.1, 0.15) is 0 Å². The van der Waals surface area contributed by atoms with Gasteiger partial charge in [-0.05, 0) is 31.0 Å². The van der Waals surface area contributed by atoms with Gasteiger partial charge in [-0.15, -0.1) is 0 Å². The first kappa shape index (κ1) is 14.0. The Balaban J connectivity index is 1.75. The molecule has 0 aliphatic carbocycles. The molecule has 7 heteroatoms. The summed E-state index contributed by atoms with van der Waals surface area (Å²) in [6, 6.07) is 4.66. The molecule has 2 aliphatic heterocycles. The summed E-state index contributed by atoms with van der Waals surface area (Å²) in [5, 5.41) is 0. The maximum atomic E-state index is 12.8. The van der Waals surface area contributed by atoms with Crippen LogP contribution in [0, 0.1) is 5.92 Å². The highest BCUT2D eigenvalue weighted by molar-refractivity contribution is 5.95. The predicted molar refractivity (Wildman–Crippen MR) is 67.2 cm³/mol. The van der Waals surface area contributed by atoms with Crippen LogP contribution in [0.1, 0.15) is 23.2 Å². The Hall–Kier alpha value is -1.92. The Morgan fingerprint density at radius 1 is 1.24 bits per heavy atom. The first-order valence-electron chi connectivity index (χ1n) is 6.71. The molecule has 0 bridgehead atoms. The number of benzene rings is 1. The SMILES string of the molecule is O=C(c1ccc2c(c1)OCO2)N1CCC[C@@H](C(F)(F)F)C1. The van der Waals surface area contributed by atoms with Gasteiger partial charge in [-0.3, -0.25) is 4.79 Å². The minimum Gasteiger partial charge on any atom is -0.454 e. The number of carbonyl (C=O) groups is 1. The highest BCUT2D eigenvalue weighted by atomic mass is 19.4. The van der Waals surface area contributed by atoms with E-state index in [1.165, 1.54) is 11.0 Å². The molecule has 21 heavy (non-hydrogen) atoms. The highest BCUT2D eigenvalue weighted by Gasteiger charge is 2.42. The molecule has 3 rings (SSSR count). The molecule has 4 nitrogen and oxygen atoms in total. The van der Waals surface area contributed by atoms with E-state index in [2.05, 4.69) is 0 Å². The number of piperidine rings is 1. The van der Waals surface area contributed by atoms with E-state index in [1.807, 2.05) is 0 Å². The number of amides is 1. The molecule has 0 N–H and O–H groups in total. The fourth-order valence-electron chi connectivity index (χ4n) is 2.64. The molecule has 0 radical (unpaired) electrons. The Morgan fingerprint density at radius 3 is 2.76 bits per heavy atom. The molecule has 114 valence electrons. The average Bonchev–Trinajstić information content (AvgIpc) is 2.93. The summed E-state index contributed by atoms with van der Waals surface area (Å²) >= 11 is 0. The van der Waals surface area contributed by atoms with Crippen molar-refractivity contribution < 1.29 is 27.4 Å². The number of ether oxygens (including phenoxy) is 2. The van der Waals surface area contributed by atoms with E-state index in [0.29, 0.717) is 30.0 Å². The minimum absolute atomic E-state index is 0.0778. The maximum absolute atomic E-state index is 12.8. The van der Waals surface area contributed by atoms with Crippen LogP contribution in [0.4, 0.5) is 13.2 Å². The molecule has 0 spiro atoms. The standard InChI is InChI=1S/C14H14F3NO3/c15-14(16,17)10-2-1-5-18(7-10)13(19)9-3-4-11-12(6-9)21-8-20-11/h3-4,6,10H,1-2,5,7-8H2/t10-/m1/s1. The molecule has 0 saturated carbocycles. The maximum Gasteiger partial charge on any atom is 0.393 e. The number of hydrogen-bond donors (Lipinski definition) is 0. The fourth-order valence-corrected chi connectivity index (χ4v) is 2.64. The third-order valence-corrected chi connectivity index (χ3v) is 3.79. The van der Waals surface area contributed by atoms with Crippen molar-refractivity contribution in [1.29, 1.82) is 0 Å². The van der Waals surface area contributed by atoms with Gasteiger partial charge in [-0.2, -0.15) is 13.2 Å². The van der Waals surface area contributed by atoms with Crippen LogP contribution >= 0.6 is 0 Å². The lowest BCUT2D eigenvalue weighted by molar-refractivity contribution is -0.184. The molecule has 1 fully saturated rings. The lowest BCUT2D eigenvalue weighted by atomic mass is 9.97. The van der Waals surface area contributed by atoms with Gasteiger partial charge in [0.25, 0.3) is 5.91 Å². The molecule has 2 aliphatic rings. The highest BCUT2D eigenvalue weighted by Crippen LogP contribution is 2.35. The fraction of sp³-hybridized carbons (Fsp3) is 0.500. The van der Waals surface area contributed by atoms with Gasteiger partial charge in [0.05, 0.1) is 5.92 Å². The largest absolute Gasteiger partial charge is 0.454 e. The van der Waals surface area contributed by atoms with Crippen molar-refractivity contribution >= 4 is 5.91 Å². The lowest BCUT2D eigenvalue weighted by Gasteiger charge is -2.33. The molecule has 1 saturated heterocycles. The van der Waals surface area contributed by atoms with Crippen molar-refractivity contribution in [2.45, 2.75) is 19.0 Å². The Morgan fingerprint density at radius 2 is 2.00 bits per heavy atom. The van der Waals surface area contributed by atoms with Crippen molar-refractivity contribution in [3.63, 3.8) is 0 Å². The summed E-state index contributed by atoms with van der Waals surface area (Å²) in [6.45, 7) is 0.156. The van der Waals surface area contributed by atoms with Gasteiger partial charge in [0, 0.05) is 18.7 Å². The van der Waals surface area contributed by atoms with E-state index < -0.39 is 18.0 Å². The van der Waals surface area contributed by atoms with Crippen LogP contribution in [0.2, 0.25) is 0 Å². The van der Waals surface area contributed by atoms with Crippen LogP contribution in [-0.4, -0.2) is 36.9 Å². The zero-order valence-electron chi connectivity index (χ0n) is 11.2. The molecule has 0 unspecified atom stereocenters. The number of hydrogen-bond acceptors (Lipinski definition) is 3. The van der Waals surface area contributed by atoms with Gasteiger partial charge >= 0.3 is 6.18 Å². The summed E-state index contributed by atoms with van der Waals surface area (Å²) in [5.41, 5.74) is 0.321. The first-order valence-corrected chi connectivity index (χ1v) is 6.71. The molecule has 0 aromatic heterocycles. The van der Waals surface area contributed by atoms with E-state index in [1.54, 1.807) is 12.1 Å². The second-order valence-corrected chi connectivity index (χ2v) is 5.20. The number of nitrogens with zero attached hydrogens (tertiary/aromatic N) is 1. The Bertz CT molecular complexity index is 559. The van der Waals surface area contributed by atoms with Crippen LogP contribution < -0.4 is 9.47 Å². The number of halogens is 3. The van der Waals surface area contributed by atoms with Crippen molar-refractivity contribution in [2.24, 2.45) is 5.92 Å². The molecule has 1 aromatic carbocycles. The van der Waals surface area contributed by atoms with Crippen LogP contribution in [0.25, 0.3) is 0 Å². The third kappa shape index (κ3) is 2.77. The number of carbonyl (C=O) groups excluding carboxylic acids is 1. The van der Waals surface area contributed by atoms with E-state index in [-0.39, 0.29) is 19.8 Å². The summed E-state index contributed by atoms with van der Waals surface area (Å²) in [6.07, 6.45) is -3.82. The number of likely N-dealkylation sites (tertiary alicyclic amines) is 1. The van der Waals surface area contributed by atoms with E-state index in [0.717, 1.165) is 0 Å². The van der Waals surface area contributed by atoms with Gasteiger partial charge in [-0.25, -0.2) is 0 Å². The summed E-state index contributed by atoms with van der Waals surface area (Å²) in [7, 11) is 0. The van der Waals surface area contributed by atoms with Gasteiger partial charge in [0.2, 0.25) is 6.79 Å². The number of fused-ring (bicyclic) bond motifs is 1. The minimum atomic E-state index is -4.26. The summed E-state index contributed by atoms with van der Waals surface area (Å²) in [4.78, 5) is 13.6. The van der Waals surface area contributed by atoms with Crippen LogP contribution in [0.5, 0.6) is 11.5 Å². The number of rotatable bonds is 1. The zero-order chi connectivity index (χ0) is 15.0. The van der Waals surface area contributed by atoms with Crippen molar-refractivity contribution in [2.75, 3.05) is 19.9 Å². The van der Waals surface area contributed by atoms with Crippen LogP contribution in [-0.2, 0) is 0 Å². The van der Waals surface area contributed by atoms with Gasteiger partial charge in [-0.1, -0.05) is 0 Å². The Labute approximate surface area is 119 Å². The molecule has 2 heterocycles. The Kier molecular flexibility index (Phi) is 3.43. The number of alkyl halides is 3. The smallest absolute Gasteiger partial charge is 0.393 e. The van der Waals surface area contributed by atoms with Crippen molar-refractivity contribution in [3.05, 3.63) is 23.8 Å². The molecule has 1 aromatic rings. The molecule has 1 amide bonds. The predicted octanol–water partition coefficient (Wildman–Crippen LogP) is 2.83. The van der Waals surface area contributed by atoms with E-state index >= 15 is 0 Å². The molecule has 1 atom stereocenters. The topological polar surface area (TPSA) is 38.8 Å². The summed E-state index contributed by atoms with van der Waals surface area (Å²) in [5.74, 6) is -0.852. The van der Waals surface area contributed by atoms with Crippen molar-refractivity contribution in [3.8, 4) is 11.5 Å². The zero-order valence-corrected chi connectivity index (χ0v) is 11.2. The van der Waals surface area contributed by atoms with Gasteiger partial charge in [0.15, 0.2) is 11.5 Å². The van der Waals surface area contributed by atoms with E-state index in [9.17, 15) is 18.0 Å². The van der Waals surface area contributed by atoms with E-state index in [4.69, 9.17) is 9.47 Å². The normalized spacial score (nSPS) is 21.5. The van der Waals surface area contributed by atoms with Crippen LogP contribution in [0.15, 0.2) is 18.2 Å². The average molecular weight is 301 g/mol. The monoisotopic (exact) mass is 301 g/mol.